The highest BCUT2D eigenvalue weighted by atomic mass is 35.5. The van der Waals surface area contributed by atoms with Crippen molar-refractivity contribution in [2.45, 2.75) is 51.7 Å². The molecule has 0 spiro atoms. The first-order valence-electron chi connectivity index (χ1n) is 16.2. The maximum Gasteiger partial charge on any atom is 0.249 e. The summed E-state index contributed by atoms with van der Waals surface area (Å²) in [6.45, 7) is 5.90. The number of carbonyl (C=O) groups is 2. The summed E-state index contributed by atoms with van der Waals surface area (Å²) in [5, 5.41) is 12.4. The Kier molecular flexibility index (Phi) is 18.8. The average molecular weight is 675 g/mol. The van der Waals surface area contributed by atoms with Gasteiger partial charge in [-0.25, -0.2) is 0 Å². The molecule has 5 rings (SSSR count). The Labute approximate surface area is 289 Å². The van der Waals surface area contributed by atoms with Crippen molar-refractivity contribution in [3.05, 3.63) is 144 Å². The summed E-state index contributed by atoms with van der Waals surface area (Å²) >= 11 is 4.82. The minimum Gasteiger partial charge on any atom is -0.395 e. The third kappa shape index (κ3) is 15.8. The second-order valence-corrected chi connectivity index (χ2v) is 11.6. The number of aliphatic hydroxyl groups is 1. The van der Waals surface area contributed by atoms with Crippen LogP contribution in [0.2, 0.25) is 0 Å². The minimum atomic E-state index is -0.273. The lowest BCUT2D eigenvalue weighted by Crippen LogP contribution is -2.50. The Morgan fingerprint density at radius 1 is 0.833 bits per heavy atom. The van der Waals surface area contributed by atoms with Gasteiger partial charge in [-0.05, 0) is 33.9 Å². The van der Waals surface area contributed by atoms with Crippen LogP contribution in [0.5, 0.6) is 0 Å². The van der Waals surface area contributed by atoms with E-state index in [1.165, 1.54) is 5.56 Å². The third-order valence-corrected chi connectivity index (χ3v) is 7.55. The van der Waals surface area contributed by atoms with E-state index in [2.05, 4.69) is 17.4 Å². The van der Waals surface area contributed by atoms with Gasteiger partial charge in [0.2, 0.25) is 11.1 Å². The molecule has 2 atom stereocenters. The Morgan fingerprint density at radius 2 is 1.31 bits per heavy atom. The van der Waals surface area contributed by atoms with E-state index >= 15 is 0 Å². The van der Waals surface area contributed by atoms with E-state index in [-0.39, 0.29) is 36.4 Å². The van der Waals surface area contributed by atoms with Crippen LogP contribution < -0.4 is 5.32 Å². The summed E-state index contributed by atoms with van der Waals surface area (Å²) in [7, 11) is 0. The molecule has 1 aliphatic rings. The standard InChI is InChI=1S/C19H21NO3.C17H21NO2.C3H5ClO/c21-19-15-23-14-18(13-22-12-17-9-5-2-6-10-17)20(19)11-16-7-3-1-4-8-16;19-12-17(18-11-15-7-3-1-4-8-15)14-20-13-16-9-5-2-6-10-16;1-2-3(4)5/h1-10,18H,11-15H2;1-10,17-19H,11-14H2;2H2,1H3/t18-;17-;/m10./s1. The molecule has 2 N–H and O–H groups in total. The molecule has 0 aliphatic carbocycles. The first kappa shape index (κ1) is 38.6. The first-order valence-corrected chi connectivity index (χ1v) is 16.6. The number of carbonyl (C=O) groups excluding carboxylic acids is 2. The Balaban J connectivity index is 0.000000230. The summed E-state index contributed by atoms with van der Waals surface area (Å²) < 4.78 is 16.8. The van der Waals surface area contributed by atoms with E-state index in [0.717, 1.165) is 23.2 Å². The van der Waals surface area contributed by atoms with E-state index in [4.69, 9.17) is 25.8 Å². The molecule has 1 fully saturated rings. The summed E-state index contributed by atoms with van der Waals surface area (Å²) in [5.41, 5.74) is 4.60. The van der Waals surface area contributed by atoms with Crippen LogP contribution in [-0.2, 0) is 50.1 Å². The van der Waals surface area contributed by atoms with Gasteiger partial charge >= 0.3 is 0 Å². The molecule has 8 nitrogen and oxygen atoms in total. The van der Waals surface area contributed by atoms with Crippen molar-refractivity contribution in [2.24, 2.45) is 0 Å². The van der Waals surface area contributed by atoms with Gasteiger partial charge in [0.1, 0.15) is 6.61 Å². The summed E-state index contributed by atoms with van der Waals surface area (Å²) in [6, 6.07) is 40.2. The molecule has 0 aromatic heterocycles. The van der Waals surface area contributed by atoms with Crippen LogP contribution in [0.3, 0.4) is 0 Å². The number of benzene rings is 4. The third-order valence-electron chi connectivity index (χ3n) is 7.28. The van der Waals surface area contributed by atoms with E-state index < -0.39 is 0 Å². The largest absolute Gasteiger partial charge is 0.395 e. The van der Waals surface area contributed by atoms with Gasteiger partial charge in [-0.1, -0.05) is 128 Å². The fourth-order valence-corrected chi connectivity index (χ4v) is 4.61. The number of rotatable bonds is 15. The van der Waals surface area contributed by atoms with Gasteiger partial charge in [-0.2, -0.15) is 0 Å². The van der Waals surface area contributed by atoms with Crippen LogP contribution in [0.1, 0.15) is 35.6 Å². The molecule has 0 unspecified atom stereocenters. The quantitative estimate of drug-likeness (QED) is 0.146. The number of hydrogen-bond donors (Lipinski definition) is 2. The van der Waals surface area contributed by atoms with Gasteiger partial charge in [0.15, 0.2) is 0 Å². The molecular weight excluding hydrogens is 628 g/mol. The molecule has 0 radical (unpaired) electrons. The maximum atomic E-state index is 12.2. The number of hydrogen-bond acceptors (Lipinski definition) is 7. The fraction of sp³-hybridized carbons (Fsp3) is 0.333. The molecule has 1 saturated heterocycles. The van der Waals surface area contributed by atoms with Crippen molar-refractivity contribution in [1.82, 2.24) is 10.2 Å². The van der Waals surface area contributed by atoms with Gasteiger partial charge in [-0.15, -0.1) is 0 Å². The van der Waals surface area contributed by atoms with Gasteiger partial charge < -0.3 is 29.5 Å². The highest BCUT2D eigenvalue weighted by Gasteiger charge is 2.28. The lowest BCUT2D eigenvalue weighted by Gasteiger charge is -2.35. The number of halogens is 1. The van der Waals surface area contributed by atoms with Crippen LogP contribution in [0.4, 0.5) is 0 Å². The lowest BCUT2D eigenvalue weighted by molar-refractivity contribution is -0.152. The second kappa shape index (κ2) is 23.4. The highest BCUT2D eigenvalue weighted by molar-refractivity contribution is 6.63. The lowest BCUT2D eigenvalue weighted by atomic mass is 10.1. The Bertz CT molecular complexity index is 1410. The van der Waals surface area contributed by atoms with Crippen LogP contribution in [0, 0.1) is 0 Å². The molecule has 4 aromatic rings. The van der Waals surface area contributed by atoms with Crippen molar-refractivity contribution in [3.63, 3.8) is 0 Å². The van der Waals surface area contributed by atoms with E-state index in [0.29, 0.717) is 46.0 Å². The summed E-state index contributed by atoms with van der Waals surface area (Å²) in [5.74, 6) is 0.0217. The van der Waals surface area contributed by atoms with Crippen molar-refractivity contribution < 1.29 is 28.9 Å². The molecule has 1 heterocycles. The van der Waals surface area contributed by atoms with E-state index in [1.807, 2.05) is 114 Å². The van der Waals surface area contributed by atoms with Crippen molar-refractivity contribution in [2.75, 3.05) is 33.0 Å². The Morgan fingerprint density at radius 3 is 1.81 bits per heavy atom. The molecule has 0 bridgehead atoms. The van der Waals surface area contributed by atoms with E-state index in [1.54, 1.807) is 6.92 Å². The summed E-state index contributed by atoms with van der Waals surface area (Å²) in [4.78, 5) is 23.6. The number of ether oxygens (including phenoxy) is 3. The number of morpholine rings is 1. The molecule has 256 valence electrons. The summed E-state index contributed by atoms with van der Waals surface area (Å²) in [6.07, 6.45) is 0.432. The van der Waals surface area contributed by atoms with Crippen LogP contribution >= 0.6 is 11.6 Å². The number of nitrogens with one attached hydrogen (secondary N) is 1. The van der Waals surface area contributed by atoms with Gasteiger partial charge in [-0.3, -0.25) is 9.59 Å². The second-order valence-electron chi connectivity index (χ2n) is 11.1. The predicted octanol–water partition coefficient (Wildman–Crippen LogP) is 6.15. The predicted molar refractivity (Wildman–Crippen MR) is 189 cm³/mol. The molecular formula is C39H47ClN2O6. The van der Waals surface area contributed by atoms with Crippen LogP contribution in [0.15, 0.2) is 121 Å². The van der Waals surface area contributed by atoms with Crippen LogP contribution in [0.25, 0.3) is 0 Å². The molecule has 1 aliphatic heterocycles. The number of amides is 1. The number of aliphatic hydroxyl groups excluding tert-OH is 1. The zero-order chi connectivity index (χ0) is 34.2. The topological polar surface area (TPSA) is 97.3 Å². The van der Waals surface area contributed by atoms with Gasteiger partial charge in [0.25, 0.3) is 0 Å². The Hall–Kier alpha value is -3.89. The molecule has 48 heavy (non-hydrogen) atoms. The molecule has 4 aromatic carbocycles. The van der Waals surface area contributed by atoms with Crippen molar-refractivity contribution in [1.29, 1.82) is 0 Å². The van der Waals surface area contributed by atoms with E-state index in [9.17, 15) is 14.7 Å². The smallest absolute Gasteiger partial charge is 0.249 e. The SMILES string of the molecule is CCC(=O)Cl.O=C1COC[C@@H](COCc2ccccc2)N1Cc1ccccc1.OC[C@@H](COCc1ccccc1)NCc1ccccc1. The van der Waals surface area contributed by atoms with Crippen LogP contribution in [-0.4, -0.2) is 66.3 Å². The zero-order valence-electron chi connectivity index (χ0n) is 27.6. The molecule has 0 saturated carbocycles. The average Bonchev–Trinajstić information content (AvgIpc) is 3.13. The minimum absolute atomic E-state index is 0.0217. The van der Waals surface area contributed by atoms with Gasteiger partial charge in [0, 0.05) is 19.5 Å². The number of nitrogens with zero attached hydrogens (tertiary/aromatic N) is 1. The molecule has 9 heteroatoms. The zero-order valence-corrected chi connectivity index (χ0v) is 28.3. The normalized spacial score (nSPS) is 14.6. The fourth-order valence-electron chi connectivity index (χ4n) is 4.61. The van der Waals surface area contributed by atoms with Crippen molar-refractivity contribution >= 4 is 22.8 Å². The first-order chi connectivity index (χ1) is 23.5. The van der Waals surface area contributed by atoms with Crippen molar-refractivity contribution in [3.8, 4) is 0 Å². The maximum absolute atomic E-state index is 12.2. The highest BCUT2D eigenvalue weighted by Crippen LogP contribution is 2.15. The van der Waals surface area contributed by atoms with Gasteiger partial charge in [0.05, 0.1) is 51.7 Å². The monoisotopic (exact) mass is 674 g/mol. The molecule has 1 amide bonds.